The zero-order valence-electron chi connectivity index (χ0n) is 13.4. The Balaban J connectivity index is 2.09. The van der Waals surface area contributed by atoms with Crippen LogP contribution in [0.2, 0.25) is 0 Å². The molecule has 8 heteroatoms. The monoisotopic (exact) mass is 360 g/mol. The minimum absolute atomic E-state index is 0.238. The van der Waals surface area contributed by atoms with Crippen LogP contribution in [0.1, 0.15) is 30.6 Å². The van der Waals surface area contributed by atoms with Crippen LogP contribution >= 0.6 is 11.8 Å². The maximum atomic E-state index is 13.3. The summed E-state index contributed by atoms with van der Waals surface area (Å²) in [4.78, 5) is 25.9. The van der Waals surface area contributed by atoms with Gasteiger partial charge in [-0.2, -0.15) is 0 Å². The van der Waals surface area contributed by atoms with E-state index in [9.17, 15) is 22.8 Å². The van der Waals surface area contributed by atoms with E-state index in [0.717, 1.165) is 6.42 Å². The van der Waals surface area contributed by atoms with Crippen LogP contribution < -0.4 is 5.32 Å². The van der Waals surface area contributed by atoms with Crippen LogP contribution in [0, 0.1) is 23.4 Å². The Morgan fingerprint density at radius 3 is 2.50 bits per heavy atom. The largest absolute Gasteiger partial charge is 0.354 e. The molecule has 1 aliphatic heterocycles. The lowest BCUT2D eigenvalue weighted by Gasteiger charge is -2.23. The lowest BCUT2D eigenvalue weighted by molar-refractivity contribution is -0.124. The Kier molecular flexibility index (Phi) is 6.15. The van der Waals surface area contributed by atoms with Crippen molar-refractivity contribution in [1.29, 1.82) is 0 Å². The quantitative estimate of drug-likeness (QED) is 0.822. The summed E-state index contributed by atoms with van der Waals surface area (Å²) in [6, 6.07) is 0.598. The smallest absolute Gasteiger partial charge is 0.255 e. The standard InChI is InChI=1S/C16H19F3N2O2S/c1-9(2)3-4-20-15(22)13-7-24-8-21(13)16(23)10-5-11(17)14(19)12(18)6-10/h5-6,9,13H,3-4,7-8H2,1-2H3,(H,20,22). The van der Waals surface area contributed by atoms with Crippen molar-refractivity contribution in [3.05, 3.63) is 35.1 Å². The molecule has 4 nitrogen and oxygen atoms in total. The maximum Gasteiger partial charge on any atom is 0.255 e. The first-order chi connectivity index (χ1) is 11.3. The molecule has 1 atom stereocenters. The number of nitrogens with one attached hydrogen (secondary N) is 1. The topological polar surface area (TPSA) is 49.4 Å². The van der Waals surface area contributed by atoms with Gasteiger partial charge >= 0.3 is 0 Å². The summed E-state index contributed by atoms with van der Waals surface area (Å²) < 4.78 is 39.6. The number of nitrogens with zero attached hydrogens (tertiary/aromatic N) is 1. The Bertz CT molecular complexity index is 617. The van der Waals surface area contributed by atoms with Crippen LogP contribution in [-0.4, -0.2) is 40.9 Å². The number of benzene rings is 1. The van der Waals surface area contributed by atoms with E-state index in [1.807, 2.05) is 13.8 Å². The molecule has 1 heterocycles. The van der Waals surface area contributed by atoms with Gasteiger partial charge in [0.25, 0.3) is 5.91 Å². The van der Waals surface area contributed by atoms with E-state index >= 15 is 0 Å². The van der Waals surface area contributed by atoms with Crippen molar-refractivity contribution in [2.24, 2.45) is 5.92 Å². The van der Waals surface area contributed by atoms with Crippen LogP contribution in [0.5, 0.6) is 0 Å². The minimum atomic E-state index is -1.62. The number of rotatable bonds is 5. The third-order valence-corrected chi connectivity index (χ3v) is 4.71. The Morgan fingerprint density at radius 1 is 1.29 bits per heavy atom. The first-order valence-electron chi connectivity index (χ1n) is 7.62. The van der Waals surface area contributed by atoms with Crippen molar-refractivity contribution < 1.29 is 22.8 Å². The highest BCUT2D eigenvalue weighted by Gasteiger charge is 2.35. The van der Waals surface area contributed by atoms with Crippen molar-refractivity contribution in [3.63, 3.8) is 0 Å². The lowest BCUT2D eigenvalue weighted by atomic mass is 10.1. The minimum Gasteiger partial charge on any atom is -0.354 e. The van der Waals surface area contributed by atoms with E-state index < -0.39 is 29.4 Å². The fourth-order valence-corrected chi connectivity index (χ4v) is 3.46. The van der Waals surface area contributed by atoms with E-state index in [-0.39, 0.29) is 17.3 Å². The zero-order valence-corrected chi connectivity index (χ0v) is 14.3. The van der Waals surface area contributed by atoms with Crippen LogP contribution in [0.25, 0.3) is 0 Å². The highest BCUT2D eigenvalue weighted by atomic mass is 32.2. The average Bonchev–Trinajstić information content (AvgIpc) is 3.00. The predicted octanol–water partition coefficient (Wildman–Crippen LogP) is 2.78. The lowest BCUT2D eigenvalue weighted by Crippen LogP contribution is -2.47. The van der Waals surface area contributed by atoms with Gasteiger partial charge in [-0.15, -0.1) is 11.8 Å². The summed E-state index contributed by atoms with van der Waals surface area (Å²) in [5, 5.41) is 2.77. The number of halogens is 3. The summed E-state index contributed by atoms with van der Waals surface area (Å²) in [6.45, 7) is 4.57. The molecule has 1 unspecified atom stereocenters. The molecule has 1 aromatic carbocycles. The van der Waals surface area contributed by atoms with Gasteiger partial charge < -0.3 is 10.2 Å². The molecule has 1 saturated heterocycles. The first-order valence-corrected chi connectivity index (χ1v) is 8.77. The summed E-state index contributed by atoms with van der Waals surface area (Å²) in [5.74, 6) is -4.38. The van der Waals surface area contributed by atoms with Crippen molar-refractivity contribution in [2.75, 3.05) is 18.2 Å². The highest BCUT2D eigenvalue weighted by molar-refractivity contribution is 7.99. The van der Waals surface area contributed by atoms with Crippen LogP contribution in [0.15, 0.2) is 12.1 Å². The average molecular weight is 360 g/mol. The van der Waals surface area contributed by atoms with Crippen molar-refractivity contribution >= 4 is 23.6 Å². The van der Waals surface area contributed by atoms with Gasteiger partial charge in [0.2, 0.25) is 5.91 Å². The molecule has 24 heavy (non-hydrogen) atoms. The van der Waals surface area contributed by atoms with Crippen molar-refractivity contribution in [2.45, 2.75) is 26.3 Å². The number of hydrogen-bond donors (Lipinski definition) is 1. The molecule has 2 amide bonds. The van der Waals surface area contributed by atoms with Crippen molar-refractivity contribution in [3.8, 4) is 0 Å². The molecule has 0 radical (unpaired) electrons. The van der Waals surface area contributed by atoms with Crippen molar-refractivity contribution in [1.82, 2.24) is 10.2 Å². The van der Waals surface area contributed by atoms with Gasteiger partial charge in [0.15, 0.2) is 17.5 Å². The van der Waals surface area contributed by atoms with Gasteiger partial charge in [0, 0.05) is 17.9 Å². The van der Waals surface area contributed by atoms with E-state index in [2.05, 4.69) is 5.32 Å². The first kappa shape index (κ1) is 18.6. The second kappa shape index (κ2) is 7.92. The van der Waals surface area contributed by atoms with E-state index in [4.69, 9.17) is 0 Å². The molecule has 0 bridgehead atoms. The Hall–Kier alpha value is -1.70. The van der Waals surface area contributed by atoms with Gasteiger partial charge in [0.1, 0.15) is 6.04 Å². The third-order valence-electron chi connectivity index (χ3n) is 3.70. The molecule has 0 spiro atoms. The molecule has 1 fully saturated rings. The molecule has 1 aliphatic rings. The molecule has 132 valence electrons. The second-order valence-electron chi connectivity index (χ2n) is 6.02. The van der Waals surface area contributed by atoms with Gasteiger partial charge in [-0.25, -0.2) is 13.2 Å². The van der Waals surface area contributed by atoms with Gasteiger partial charge in [-0.3, -0.25) is 9.59 Å². The number of carbonyl (C=O) groups is 2. The number of thioether (sulfide) groups is 1. The molecule has 0 aromatic heterocycles. The van der Waals surface area contributed by atoms with E-state index in [1.54, 1.807) is 0 Å². The van der Waals surface area contributed by atoms with Gasteiger partial charge in [-0.05, 0) is 24.5 Å². The van der Waals surface area contributed by atoms with E-state index in [0.29, 0.717) is 30.3 Å². The van der Waals surface area contributed by atoms with Crippen LogP contribution in [0.4, 0.5) is 13.2 Å². The molecule has 1 aromatic rings. The zero-order chi connectivity index (χ0) is 17.9. The SMILES string of the molecule is CC(C)CCNC(=O)C1CSCN1C(=O)c1cc(F)c(F)c(F)c1. The second-order valence-corrected chi connectivity index (χ2v) is 7.02. The summed E-state index contributed by atoms with van der Waals surface area (Å²) in [6.07, 6.45) is 0.813. The Morgan fingerprint density at radius 2 is 1.92 bits per heavy atom. The maximum absolute atomic E-state index is 13.3. The van der Waals surface area contributed by atoms with E-state index in [1.165, 1.54) is 16.7 Å². The van der Waals surface area contributed by atoms with Gasteiger partial charge in [0.05, 0.1) is 5.88 Å². The number of carbonyl (C=O) groups excluding carboxylic acids is 2. The molecule has 0 aliphatic carbocycles. The van der Waals surface area contributed by atoms with Gasteiger partial charge in [-0.1, -0.05) is 13.8 Å². The van der Waals surface area contributed by atoms with Crippen LogP contribution in [0.3, 0.4) is 0 Å². The molecule has 2 rings (SSSR count). The number of amides is 2. The normalized spacial score (nSPS) is 17.4. The summed E-state index contributed by atoms with van der Waals surface area (Å²) in [7, 11) is 0. The molecular formula is C16H19F3N2O2S. The molecule has 1 N–H and O–H groups in total. The highest BCUT2D eigenvalue weighted by Crippen LogP contribution is 2.24. The molecule has 0 saturated carbocycles. The Labute approximate surface area is 142 Å². The third kappa shape index (κ3) is 4.23. The fraction of sp³-hybridized carbons (Fsp3) is 0.500. The summed E-state index contributed by atoms with van der Waals surface area (Å²) in [5.41, 5.74) is -0.311. The fourth-order valence-electron chi connectivity index (χ4n) is 2.31. The molecular weight excluding hydrogens is 341 g/mol. The van der Waals surface area contributed by atoms with Crippen LogP contribution in [-0.2, 0) is 4.79 Å². The number of hydrogen-bond acceptors (Lipinski definition) is 3. The predicted molar refractivity (Wildman–Crippen MR) is 86.1 cm³/mol. The summed E-state index contributed by atoms with van der Waals surface area (Å²) >= 11 is 1.38.